The third-order valence-corrected chi connectivity index (χ3v) is 5.18. The van der Waals surface area contributed by atoms with Crippen LogP contribution in [-0.4, -0.2) is 30.1 Å². The summed E-state index contributed by atoms with van der Waals surface area (Å²) in [6.45, 7) is 4.17. The Kier molecular flexibility index (Phi) is 6.09. The molecule has 0 aliphatic rings. The summed E-state index contributed by atoms with van der Waals surface area (Å²) < 4.78 is 10.5. The van der Waals surface area contributed by atoms with Gasteiger partial charge in [0.2, 0.25) is 0 Å². The number of nitrogens with one attached hydrogen (secondary N) is 2. The topological polar surface area (TPSA) is 76.2 Å². The number of H-pyrrole nitrogens is 1. The first-order valence-electron chi connectivity index (χ1n) is 9.15. The molecule has 28 heavy (non-hydrogen) atoms. The second-order valence-corrected chi connectivity index (χ2v) is 7.08. The van der Waals surface area contributed by atoms with Gasteiger partial charge in [0.05, 0.1) is 36.3 Å². The van der Waals surface area contributed by atoms with Crippen LogP contribution in [0.2, 0.25) is 5.02 Å². The lowest BCUT2D eigenvalue weighted by Gasteiger charge is -2.23. The van der Waals surface area contributed by atoms with E-state index in [1.165, 1.54) is 14.2 Å². The van der Waals surface area contributed by atoms with E-state index in [-0.39, 0.29) is 17.9 Å². The number of methoxy groups -OCH3 is 2. The summed E-state index contributed by atoms with van der Waals surface area (Å²) in [7, 11) is 3.01. The average molecular weight is 402 g/mol. The molecule has 3 rings (SSSR count). The van der Waals surface area contributed by atoms with Gasteiger partial charge in [0.25, 0.3) is 5.91 Å². The van der Waals surface area contributed by atoms with E-state index in [4.69, 9.17) is 21.1 Å². The van der Waals surface area contributed by atoms with E-state index in [0.29, 0.717) is 22.1 Å². The molecule has 0 fully saturated rings. The lowest BCUT2D eigenvalue weighted by Crippen LogP contribution is -2.33. The zero-order valence-corrected chi connectivity index (χ0v) is 17.1. The van der Waals surface area contributed by atoms with E-state index in [2.05, 4.69) is 29.1 Å². The van der Waals surface area contributed by atoms with Gasteiger partial charge in [-0.05, 0) is 30.2 Å². The average Bonchev–Trinajstić information content (AvgIpc) is 3.14. The number of rotatable bonds is 7. The Morgan fingerprint density at radius 1 is 1.25 bits per heavy atom. The number of hydrogen-bond acceptors (Lipinski definition) is 4. The predicted molar refractivity (Wildman–Crippen MR) is 110 cm³/mol. The number of aromatic nitrogens is 2. The summed E-state index contributed by atoms with van der Waals surface area (Å²) in [5.41, 5.74) is 2.20. The predicted octanol–water partition coefficient (Wildman–Crippen LogP) is 4.75. The molecule has 0 spiro atoms. The molecule has 6 nitrogen and oxygen atoms in total. The van der Waals surface area contributed by atoms with Gasteiger partial charge in [-0.3, -0.25) is 4.79 Å². The van der Waals surface area contributed by atoms with Gasteiger partial charge in [0.1, 0.15) is 5.82 Å². The highest BCUT2D eigenvalue weighted by Crippen LogP contribution is 2.36. The lowest BCUT2D eigenvalue weighted by atomic mass is 9.98. The number of hydrogen-bond donors (Lipinski definition) is 2. The Bertz CT molecular complexity index is 953. The maximum absolute atomic E-state index is 13.0. The molecule has 2 unspecified atom stereocenters. The first kappa shape index (κ1) is 20.0. The van der Waals surface area contributed by atoms with Crippen molar-refractivity contribution in [2.45, 2.75) is 26.3 Å². The van der Waals surface area contributed by atoms with Gasteiger partial charge in [0, 0.05) is 5.56 Å². The molecule has 0 aliphatic heterocycles. The number of fused-ring (bicyclic) bond motifs is 1. The maximum Gasteiger partial charge on any atom is 0.252 e. The van der Waals surface area contributed by atoms with Crippen LogP contribution in [0, 0.1) is 5.92 Å². The number of carbonyl (C=O) groups excluding carboxylic acids is 1. The summed E-state index contributed by atoms with van der Waals surface area (Å²) in [5.74, 6) is 1.46. The second kappa shape index (κ2) is 8.52. The number of benzene rings is 2. The quantitative estimate of drug-likeness (QED) is 0.599. The van der Waals surface area contributed by atoms with Crippen LogP contribution in [0.1, 0.15) is 42.5 Å². The zero-order valence-electron chi connectivity index (χ0n) is 16.4. The molecule has 0 aliphatic carbocycles. The fraction of sp³-hybridized carbons (Fsp3) is 0.333. The minimum atomic E-state index is -0.267. The van der Waals surface area contributed by atoms with Crippen molar-refractivity contribution in [1.29, 1.82) is 0 Å². The van der Waals surface area contributed by atoms with Gasteiger partial charge in [0.15, 0.2) is 11.5 Å². The Labute approximate surface area is 169 Å². The van der Waals surface area contributed by atoms with Crippen LogP contribution in [0.4, 0.5) is 0 Å². The molecule has 0 saturated carbocycles. The maximum atomic E-state index is 13.0. The fourth-order valence-electron chi connectivity index (χ4n) is 3.11. The molecule has 0 bridgehead atoms. The van der Waals surface area contributed by atoms with Gasteiger partial charge >= 0.3 is 0 Å². The molecular weight excluding hydrogens is 378 g/mol. The zero-order chi connectivity index (χ0) is 20.3. The van der Waals surface area contributed by atoms with E-state index < -0.39 is 0 Å². The molecular formula is C21H24ClN3O3. The van der Waals surface area contributed by atoms with Crippen molar-refractivity contribution in [2.75, 3.05) is 14.2 Å². The van der Waals surface area contributed by atoms with Crippen LogP contribution >= 0.6 is 11.6 Å². The highest BCUT2D eigenvalue weighted by atomic mass is 35.5. The number of para-hydroxylation sites is 2. The van der Waals surface area contributed by atoms with Gasteiger partial charge in [-0.1, -0.05) is 44.0 Å². The standard InChI is InChI=1S/C21H24ClN3O3/c1-5-12(2)18(20-23-15-8-6-7-9-16(15)24-20)25-21(26)13-10-14(22)19(28-4)17(11-13)27-3/h6-12,18H,5H2,1-4H3,(H,23,24)(H,25,26). The Balaban J connectivity index is 1.93. The summed E-state index contributed by atoms with van der Waals surface area (Å²) in [5, 5.41) is 3.41. The molecule has 1 amide bonds. The van der Waals surface area contributed by atoms with Crippen molar-refractivity contribution >= 4 is 28.5 Å². The van der Waals surface area contributed by atoms with Crippen LogP contribution < -0.4 is 14.8 Å². The molecule has 0 radical (unpaired) electrons. The first-order chi connectivity index (χ1) is 13.5. The number of imidazole rings is 1. The van der Waals surface area contributed by atoms with Crippen molar-refractivity contribution in [3.05, 3.63) is 52.8 Å². The number of ether oxygens (including phenoxy) is 2. The van der Waals surface area contributed by atoms with Crippen LogP contribution in [0.15, 0.2) is 36.4 Å². The van der Waals surface area contributed by atoms with Gasteiger partial charge < -0.3 is 19.8 Å². The summed E-state index contributed by atoms with van der Waals surface area (Å²) >= 11 is 6.25. The molecule has 1 heterocycles. The third kappa shape index (κ3) is 3.92. The van der Waals surface area contributed by atoms with Crippen molar-refractivity contribution in [2.24, 2.45) is 5.92 Å². The number of halogens is 1. The van der Waals surface area contributed by atoms with Crippen LogP contribution in [0.5, 0.6) is 11.5 Å². The molecule has 3 aromatic rings. The summed E-state index contributed by atoms with van der Waals surface area (Å²) in [6, 6.07) is 10.7. The van der Waals surface area contributed by atoms with E-state index in [1.807, 2.05) is 24.3 Å². The van der Waals surface area contributed by atoms with Crippen molar-refractivity contribution < 1.29 is 14.3 Å². The van der Waals surface area contributed by atoms with E-state index in [9.17, 15) is 4.79 Å². The number of aromatic amines is 1. The fourth-order valence-corrected chi connectivity index (χ4v) is 3.40. The normalized spacial score (nSPS) is 13.2. The Morgan fingerprint density at radius 3 is 2.64 bits per heavy atom. The summed E-state index contributed by atoms with van der Waals surface area (Å²) in [4.78, 5) is 21.0. The largest absolute Gasteiger partial charge is 0.493 e. The van der Waals surface area contributed by atoms with Crippen molar-refractivity contribution in [3.63, 3.8) is 0 Å². The van der Waals surface area contributed by atoms with E-state index in [1.54, 1.807) is 12.1 Å². The number of carbonyl (C=O) groups is 1. The van der Waals surface area contributed by atoms with Gasteiger partial charge in [-0.2, -0.15) is 0 Å². The monoisotopic (exact) mass is 401 g/mol. The minimum absolute atomic E-state index is 0.181. The van der Waals surface area contributed by atoms with Crippen LogP contribution in [0.3, 0.4) is 0 Å². The smallest absolute Gasteiger partial charge is 0.252 e. The van der Waals surface area contributed by atoms with Gasteiger partial charge in [-0.25, -0.2) is 4.98 Å². The van der Waals surface area contributed by atoms with Crippen LogP contribution in [0.25, 0.3) is 11.0 Å². The molecule has 2 atom stereocenters. The number of amides is 1. The van der Waals surface area contributed by atoms with Crippen molar-refractivity contribution in [3.8, 4) is 11.5 Å². The molecule has 0 saturated heterocycles. The third-order valence-electron chi connectivity index (χ3n) is 4.90. The van der Waals surface area contributed by atoms with Crippen LogP contribution in [-0.2, 0) is 0 Å². The Morgan fingerprint density at radius 2 is 2.00 bits per heavy atom. The molecule has 2 N–H and O–H groups in total. The SMILES string of the molecule is CCC(C)C(NC(=O)c1cc(Cl)c(OC)c(OC)c1)c1nc2ccccc2[nH]1. The highest BCUT2D eigenvalue weighted by molar-refractivity contribution is 6.32. The molecule has 7 heteroatoms. The lowest BCUT2D eigenvalue weighted by molar-refractivity contribution is 0.0920. The first-order valence-corrected chi connectivity index (χ1v) is 9.53. The number of nitrogens with zero attached hydrogens (tertiary/aromatic N) is 1. The Hall–Kier alpha value is -2.73. The van der Waals surface area contributed by atoms with Gasteiger partial charge in [-0.15, -0.1) is 0 Å². The molecule has 2 aromatic carbocycles. The highest BCUT2D eigenvalue weighted by Gasteiger charge is 2.25. The second-order valence-electron chi connectivity index (χ2n) is 6.67. The minimum Gasteiger partial charge on any atom is -0.493 e. The van der Waals surface area contributed by atoms with Crippen molar-refractivity contribution in [1.82, 2.24) is 15.3 Å². The molecule has 1 aromatic heterocycles. The van der Waals surface area contributed by atoms with E-state index in [0.717, 1.165) is 23.3 Å². The van der Waals surface area contributed by atoms with E-state index >= 15 is 0 Å². The summed E-state index contributed by atoms with van der Waals surface area (Å²) in [6.07, 6.45) is 0.884. The molecule has 148 valence electrons.